The number of amides is 2. The van der Waals surface area contributed by atoms with Crippen molar-refractivity contribution in [2.75, 3.05) is 25.2 Å². The van der Waals surface area contributed by atoms with Gasteiger partial charge in [-0.25, -0.2) is 4.79 Å². The zero-order valence-electron chi connectivity index (χ0n) is 19.2. The van der Waals surface area contributed by atoms with E-state index in [2.05, 4.69) is 5.32 Å². The van der Waals surface area contributed by atoms with E-state index in [0.29, 0.717) is 35.7 Å². The maximum Gasteiger partial charge on any atom is 0.414 e. The topological polar surface area (TPSA) is 127 Å². The van der Waals surface area contributed by atoms with E-state index in [9.17, 15) is 9.59 Å². The quantitative estimate of drug-likeness (QED) is 0.323. The average molecular weight is 475 g/mol. The molecule has 1 fully saturated rings. The number of carbonyl (C=O) groups excluding carboxylic acids is 2. The van der Waals surface area contributed by atoms with Crippen LogP contribution in [-0.2, 0) is 11.3 Å². The normalized spacial score (nSPS) is 14.8. The van der Waals surface area contributed by atoms with Gasteiger partial charge in [-0.05, 0) is 60.2 Å². The summed E-state index contributed by atoms with van der Waals surface area (Å²) in [6.07, 6.45) is -0.944. The molecule has 4 rings (SSSR count). The van der Waals surface area contributed by atoms with Gasteiger partial charge in [0.15, 0.2) is 6.10 Å². The number of hydrogen-bond acceptors (Lipinski definition) is 6. The molecule has 9 nitrogen and oxygen atoms in total. The molecule has 3 aromatic carbocycles. The SMILES string of the molecule is COc1cccc(CNC(=O)c2cccc(OCC3CN(c4ccc(C(=N)N)cc4)C(=O)O3)c2)c1. The highest BCUT2D eigenvalue weighted by Crippen LogP contribution is 2.23. The molecule has 1 heterocycles. The predicted octanol–water partition coefficient (Wildman–Crippen LogP) is 3.31. The number of methoxy groups -OCH3 is 1. The second-order valence-corrected chi connectivity index (χ2v) is 7.95. The molecular formula is C26H26N4O5. The molecule has 1 aliphatic heterocycles. The van der Waals surface area contributed by atoms with E-state index in [1.54, 1.807) is 55.6 Å². The maximum absolute atomic E-state index is 12.6. The van der Waals surface area contributed by atoms with Crippen LogP contribution < -0.4 is 25.4 Å². The number of amidine groups is 1. The first kappa shape index (κ1) is 23.6. The molecule has 0 saturated carbocycles. The summed E-state index contributed by atoms with van der Waals surface area (Å²) >= 11 is 0. The van der Waals surface area contributed by atoms with E-state index in [1.807, 2.05) is 24.3 Å². The van der Waals surface area contributed by atoms with Crippen molar-refractivity contribution in [3.8, 4) is 11.5 Å². The average Bonchev–Trinajstić information content (AvgIpc) is 3.26. The summed E-state index contributed by atoms with van der Waals surface area (Å²) in [7, 11) is 1.60. The number of nitrogens with two attached hydrogens (primary N) is 1. The van der Waals surface area contributed by atoms with Gasteiger partial charge in [-0.3, -0.25) is 15.1 Å². The lowest BCUT2D eigenvalue weighted by Gasteiger charge is -2.14. The highest BCUT2D eigenvalue weighted by atomic mass is 16.6. The number of ether oxygens (including phenoxy) is 3. The van der Waals surface area contributed by atoms with E-state index in [0.717, 1.165) is 11.3 Å². The van der Waals surface area contributed by atoms with Crippen LogP contribution in [0.3, 0.4) is 0 Å². The summed E-state index contributed by atoms with van der Waals surface area (Å²) in [5.74, 6) is 0.958. The highest BCUT2D eigenvalue weighted by Gasteiger charge is 2.32. The largest absolute Gasteiger partial charge is 0.497 e. The van der Waals surface area contributed by atoms with E-state index < -0.39 is 12.2 Å². The Bertz CT molecular complexity index is 1230. The second-order valence-electron chi connectivity index (χ2n) is 7.95. The molecule has 1 saturated heterocycles. The first-order chi connectivity index (χ1) is 16.9. The number of nitrogens with zero attached hydrogens (tertiary/aromatic N) is 1. The van der Waals surface area contributed by atoms with Gasteiger partial charge in [-0.2, -0.15) is 0 Å². The number of benzene rings is 3. The molecule has 1 aliphatic rings. The minimum Gasteiger partial charge on any atom is -0.497 e. The van der Waals surface area contributed by atoms with Crippen molar-refractivity contribution in [1.29, 1.82) is 5.41 Å². The van der Waals surface area contributed by atoms with Gasteiger partial charge in [0.25, 0.3) is 5.91 Å². The molecule has 2 amide bonds. The number of nitrogen functional groups attached to an aromatic ring is 1. The summed E-state index contributed by atoms with van der Waals surface area (Å²) in [4.78, 5) is 26.4. The van der Waals surface area contributed by atoms with Crippen molar-refractivity contribution in [3.05, 3.63) is 89.5 Å². The number of cyclic esters (lactones) is 1. The van der Waals surface area contributed by atoms with Gasteiger partial charge in [0.1, 0.15) is 23.9 Å². The first-order valence-corrected chi connectivity index (χ1v) is 11.0. The molecule has 1 atom stereocenters. The number of anilines is 1. The Kier molecular flexibility index (Phi) is 7.15. The number of carbonyl (C=O) groups is 2. The Balaban J connectivity index is 1.31. The molecule has 0 spiro atoms. The minimum atomic E-state index is -0.472. The lowest BCUT2D eigenvalue weighted by Crippen LogP contribution is -2.26. The monoisotopic (exact) mass is 474 g/mol. The molecule has 3 aromatic rings. The number of rotatable bonds is 9. The lowest BCUT2D eigenvalue weighted by molar-refractivity contribution is 0.0949. The predicted molar refractivity (Wildman–Crippen MR) is 131 cm³/mol. The fourth-order valence-corrected chi connectivity index (χ4v) is 3.62. The van der Waals surface area contributed by atoms with Gasteiger partial charge in [-0.15, -0.1) is 0 Å². The Morgan fingerprint density at radius 3 is 2.57 bits per heavy atom. The van der Waals surface area contributed by atoms with Crippen LogP contribution in [-0.4, -0.2) is 44.2 Å². The molecule has 180 valence electrons. The molecule has 35 heavy (non-hydrogen) atoms. The van der Waals surface area contributed by atoms with Gasteiger partial charge in [-0.1, -0.05) is 18.2 Å². The summed E-state index contributed by atoms with van der Waals surface area (Å²) < 4.78 is 16.4. The van der Waals surface area contributed by atoms with Gasteiger partial charge in [0.05, 0.1) is 13.7 Å². The van der Waals surface area contributed by atoms with Crippen molar-refractivity contribution >= 4 is 23.5 Å². The van der Waals surface area contributed by atoms with Gasteiger partial charge in [0.2, 0.25) is 0 Å². The highest BCUT2D eigenvalue weighted by molar-refractivity contribution is 5.96. The zero-order chi connectivity index (χ0) is 24.8. The van der Waals surface area contributed by atoms with E-state index in [4.69, 9.17) is 25.4 Å². The van der Waals surface area contributed by atoms with Gasteiger partial charge >= 0.3 is 6.09 Å². The molecule has 1 unspecified atom stereocenters. The smallest absolute Gasteiger partial charge is 0.414 e. The third-order valence-corrected chi connectivity index (χ3v) is 5.48. The van der Waals surface area contributed by atoms with Crippen molar-refractivity contribution in [2.24, 2.45) is 5.73 Å². The van der Waals surface area contributed by atoms with Gasteiger partial charge < -0.3 is 25.3 Å². The van der Waals surface area contributed by atoms with Crippen LogP contribution in [0.2, 0.25) is 0 Å². The van der Waals surface area contributed by atoms with E-state index in [1.165, 1.54) is 4.90 Å². The van der Waals surface area contributed by atoms with Crippen LogP contribution in [0.5, 0.6) is 11.5 Å². The summed E-state index contributed by atoms with van der Waals surface area (Å²) in [6.45, 7) is 0.823. The van der Waals surface area contributed by atoms with Crippen LogP contribution >= 0.6 is 0 Å². The van der Waals surface area contributed by atoms with Crippen molar-refractivity contribution < 1.29 is 23.8 Å². The Hall–Kier alpha value is -4.53. The van der Waals surface area contributed by atoms with Crippen LogP contribution in [0.4, 0.5) is 10.5 Å². The van der Waals surface area contributed by atoms with Crippen LogP contribution in [0.25, 0.3) is 0 Å². The zero-order valence-corrected chi connectivity index (χ0v) is 19.2. The third kappa shape index (κ3) is 5.89. The van der Waals surface area contributed by atoms with Gasteiger partial charge in [0, 0.05) is 23.4 Å². The van der Waals surface area contributed by atoms with E-state index in [-0.39, 0.29) is 18.3 Å². The third-order valence-electron chi connectivity index (χ3n) is 5.48. The van der Waals surface area contributed by atoms with Crippen LogP contribution in [0.15, 0.2) is 72.8 Å². The molecule has 4 N–H and O–H groups in total. The summed E-state index contributed by atoms with van der Waals surface area (Å²) in [5.41, 5.74) is 8.09. The first-order valence-electron chi connectivity index (χ1n) is 11.0. The molecular weight excluding hydrogens is 448 g/mol. The van der Waals surface area contributed by atoms with Crippen molar-refractivity contribution in [2.45, 2.75) is 12.6 Å². The Labute approximate surface area is 202 Å². The Morgan fingerprint density at radius 1 is 1.09 bits per heavy atom. The molecule has 0 bridgehead atoms. The fraction of sp³-hybridized carbons (Fsp3) is 0.192. The van der Waals surface area contributed by atoms with Crippen molar-refractivity contribution in [3.63, 3.8) is 0 Å². The van der Waals surface area contributed by atoms with Crippen molar-refractivity contribution in [1.82, 2.24) is 5.32 Å². The molecule has 9 heteroatoms. The molecule has 0 aliphatic carbocycles. The second kappa shape index (κ2) is 10.6. The molecule has 0 aromatic heterocycles. The standard InChI is InChI=1S/C26H26N4O5/c1-33-21-6-2-4-17(12-21)14-29-25(31)19-5-3-7-22(13-19)34-16-23-15-30(26(32)35-23)20-10-8-18(9-11-20)24(27)28/h2-13,23H,14-16H2,1H3,(H3,27,28)(H,29,31). The Morgan fingerprint density at radius 2 is 1.83 bits per heavy atom. The van der Waals surface area contributed by atoms with E-state index >= 15 is 0 Å². The van der Waals surface area contributed by atoms with Crippen LogP contribution in [0, 0.1) is 5.41 Å². The minimum absolute atomic E-state index is 0.0389. The number of nitrogens with one attached hydrogen (secondary N) is 2. The summed E-state index contributed by atoms with van der Waals surface area (Å²) in [6, 6.07) is 21.1. The lowest BCUT2D eigenvalue weighted by atomic mass is 10.1. The molecule has 0 radical (unpaired) electrons. The van der Waals surface area contributed by atoms with Crippen LogP contribution in [0.1, 0.15) is 21.5 Å². The maximum atomic E-state index is 12.6. The summed E-state index contributed by atoms with van der Waals surface area (Å²) in [5, 5.41) is 10.4. The fourth-order valence-electron chi connectivity index (χ4n) is 3.62. The number of hydrogen-bond donors (Lipinski definition) is 3.